The van der Waals surface area contributed by atoms with Gasteiger partial charge in [0.25, 0.3) is 0 Å². The molecule has 0 aliphatic carbocycles. The van der Waals surface area contributed by atoms with E-state index >= 15 is 0 Å². The average Bonchev–Trinajstić information content (AvgIpc) is 1.88. The van der Waals surface area contributed by atoms with Gasteiger partial charge in [0, 0.05) is 6.54 Å². The van der Waals surface area contributed by atoms with Crippen molar-refractivity contribution in [3.05, 3.63) is 0 Å². The first-order chi connectivity index (χ1) is 5.13. The lowest BCUT2D eigenvalue weighted by Crippen LogP contribution is -2.42. The summed E-state index contributed by atoms with van der Waals surface area (Å²) in [5, 5.41) is 2.80. The average molecular weight is 158 g/mol. The van der Waals surface area contributed by atoms with Gasteiger partial charge in [0.15, 0.2) is 0 Å². The molecule has 0 aromatic heterocycles. The number of amides is 1. The van der Waals surface area contributed by atoms with Crippen molar-refractivity contribution in [3.8, 4) is 0 Å². The molecule has 0 aliphatic heterocycles. The number of rotatable bonds is 4. The van der Waals surface area contributed by atoms with Crippen LogP contribution >= 0.6 is 0 Å². The molecule has 0 aromatic rings. The van der Waals surface area contributed by atoms with E-state index in [0.717, 1.165) is 6.42 Å². The third-order valence-corrected chi connectivity index (χ3v) is 1.66. The molecule has 0 bridgehead atoms. The van der Waals surface area contributed by atoms with Gasteiger partial charge in [0.2, 0.25) is 5.91 Å². The Kier molecular flexibility index (Phi) is 4.86. The molecule has 0 saturated heterocycles. The Balaban J connectivity index is 3.92. The highest BCUT2D eigenvalue weighted by molar-refractivity contribution is 5.81. The number of hydrogen-bond acceptors (Lipinski definition) is 2. The first-order valence-corrected chi connectivity index (χ1v) is 4.07. The van der Waals surface area contributed by atoms with Crippen molar-refractivity contribution in [3.63, 3.8) is 0 Å². The highest BCUT2D eigenvalue weighted by Gasteiger charge is 2.16. The maximum absolute atomic E-state index is 11.3. The molecular weight excluding hydrogens is 140 g/mol. The second-order valence-electron chi connectivity index (χ2n) is 2.78. The van der Waals surface area contributed by atoms with Crippen molar-refractivity contribution in [2.24, 2.45) is 0 Å². The van der Waals surface area contributed by atoms with E-state index in [0.29, 0.717) is 6.54 Å². The Morgan fingerprint density at radius 3 is 2.27 bits per heavy atom. The van der Waals surface area contributed by atoms with E-state index in [1.807, 2.05) is 32.8 Å². The zero-order chi connectivity index (χ0) is 8.85. The van der Waals surface area contributed by atoms with E-state index in [4.69, 9.17) is 0 Å². The molecule has 0 unspecified atom stereocenters. The maximum atomic E-state index is 11.3. The molecule has 0 aromatic carbocycles. The molecule has 0 radical (unpaired) electrons. The molecule has 0 saturated carbocycles. The van der Waals surface area contributed by atoms with Crippen LogP contribution in [0.5, 0.6) is 0 Å². The minimum absolute atomic E-state index is 0.0231. The van der Waals surface area contributed by atoms with Crippen LogP contribution in [0.4, 0.5) is 0 Å². The van der Waals surface area contributed by atoms with Crippen LogP contribution in [0.1, 0.15) is 20.3 Å². The highest BCUT2D eigenvalue weighted by Crippen LogP contribution is 1.97. The Morgan fingerprint density at radius 1 is 1.45 bits per heavy atom. The fourth-order valence-electron chi connectivity index (χ4n) is 1.08. The molecule has 66 valence electrons. The number of hydrogen-bond donors (Lipinski definition) is 1. The van der Waals surface area contributed by atoms with Crippen LogP contribution in [0.15, 0.2) is 0 Å². The lowest BCUT2D eigenvalue weighted by atomic mass is 10.2. The van der Waals surface area contributed by atoms with Crippen molar-refractivity contribution < 1.29 is 4.79 Å². The molecule has 1 atom stereocenters. The van der Waals surface area contributed by atoms with Gasteiger partial charge in [-0.25, -0.2) is 0 Å². The number of likely N-dealkylation sites (N-methyl/N-ethyl adjacent to an activating group) is 2. The Hall–Kier alpha value is -0.570. The van der Waals surface area contributed by atoms with Gasteiger partial charge < -0.3 is 5.32 Å². The van der Waals surface area contributed by atoms with E-state index in [9.17, 15) is 4.79 Å². The largest absolute Gasteiger partial charge is 0.355 e. The summed E-state index contributed by atoms with van der Waals surface area (Å²) in [4.78, 5) is 13.2. The summed E-state index contributed by atoms with van der Waals surface area (Å²) in [6.07, 6.45) is 0.860. The topological polar surface area (TPSA) is 32.3 Å². The van der Waals surface area contributed by atoms with E-state index < -0.39 is 0 Å². The van der Waals surface area contributed by atoms with Gasteiger partial charge in [-0.15, -0.1) is 0 Å². The van der Waals surface area contributed by atoms with E-state index in [1.165, 1.54) is 0 Å². The first-order valence-electron chi connectivity index (χ1n) is 4.07. The summed E-state index contributed by atoms with van der Waals surface area (Å²) < 4.78 is 0. The van der Waals surface area contributed by atoms with Gasteiger partial charge in [-0.2, -0.15) is 0 Å². The van der Waals surface area contributed by atoms with Gasteiger partial charge in [0.1, 0.15) is 0 Å². The number of carbonyl (C=O) groups is 1. The van der Waals surface area contributed by atoms with E-state index in [-0.39, 0.29) is 11.9 Å². The van der Waals surface area contributed by atoms with Crippen molar-refractivity contribution in [2.45, 2.75) is 26.3 Å². The smallest absolute Gasteiger partial charge is 0.237 e. The molecule has 0 rings (SSSR count). The SMILES string of the molecule is CCNC(=O)[C@H](CC)N(C)C. The van der Waals surface area contributed by atoms with Crippen molar-refractivity contribution in [1.29, 1.82) is 0 Å². The minimum atomic E-state index is 0.0231. The summed E-state index contributed by atoms with van der Waals surface area (Å²) in [7, 11) is 3.84. The quantitative estimate of drug-likeness (QED) is 0.644. The van der Waals surface area contributed by atoms with Gasteiger partial charge in [0.05, 0.1) is 6.04 Å². The normalized spacial score (nSPS) is 13.2. The summed E-state index contributed by atoms with van der Waals surface area (Å²) in [6, 6.07) is 0.0231. The molecule has 3 nitrogen and oxygen atoms in total. The number of nitrogens with one attached hydrogen (secondary N) is 1. The molecule has 0 fully saturated rings. The zero-order valence-corrected chi connectivity index (χ0v) is 7.85. The van der Waals surface area contributed by atoms with Crippen LogP contribution < -0.4 is 5.32 Å². The predicted octanol–water partition coefficient (Wildman–Crippen LogP) is 0.463. The number of nitrogens with zero attached hydrogens (tertiary/aromatic N) is 1. The Morgan fingerprint density at radius 2 is 2.00 bits per heavy atom. The molecule has 1 amide bonds. The van der Waals surface area contributed by atoms with Crippen LogP contribution in [0, 0.1) is 0 Å². The summed E-state index contributed by atoms with van der Waals surface area (Å²) in [5.74, 6) is 0.125. The monoisotopic (exact) mass is 158 g/mol. The fourth-order valence-corrected chi connectivity index (χ4v) is 1.08. The molecule has 3 heteroatoms. The molecule has 0 heterocycles. The van der Waals surface area contributed by atoms with Gasteiger partial charge in [-0.1, -0.05) is 6.92 Å². The molecule has 0 aliphatic rings. The zero-order valence-electron chi connectivity index (χ0n) is 7.85. The van der Waals surface area contributed by atoms with Crippen molar-refractivity contribution in [1.82, 2.24) is 10.2 Å². The lowest BCUT2D eigenvalue weighted by Gasteiger charge is -2.21. The highest BCUT2D eigenvalue weighted by atomic mass is 16.2. The predicted molar refractivity (Wildman–Crippen MR) is 46.4 cm³/mol. The third kappa shape index (κ3) is 3.37. The van der Waals surface area contributed by atoms with Gasteiger partial charge in [-0.3, -0.25) is 9.69 Å². The van der Waals surface area contributed by atoms with Crippen LogP contribution in [0.3, 0.4) is 0 Å². The summed E-state index contributed by atoms with van der Waals surface area (Å²) in [6.45, 7) is 4.66. The Bertz CT molecular complexity index is 123. The molecule has 1 N–H and O–H groups in total. The summed E-state index contributed by atoms with van der Waals surface area (Å²) >= 11 is 0. The van der Waals surface area contributed by atoms with Crippen molar-refractivity contribution >= 4 is 5.91 Å². The van der Waals surface area contributed by atoms with Crippen LogP contribution in [-0.2, 0) is 4.79 Å². The Labute approximate surface area is 68.8 Å². The molecule has 11 heavy (non-hydrogen) atoms. The van der Waals surface area contributed by atoms with Crippen molar-refractivity contribution in [2.75, 3.05) is 20.6 Å². The third-order valence-electron chi connectivity index (χ3n) is 1.66. The van der Waals surface area contributed by atoms with Crippen LogP contribution in [0.25, 0.3) is 0 Å². The minimum Gasteiger partial charge on any atom is -0.355 e. The lowest BCUT2D eigenvalue weighted by molar-refractivity contribution is -0.125. The number of carbonyl (C=O) groups excluding carboxylic acids is 1. The molecular formula is C8H18N2O. The first kappa shape index (κ1) is 10.4. The maximum Gasteiger partial charge on any atom is 0.237 e. The van der Waals surface area contributed by atoms with Crippen LogP contribution in [0.2, 0.25) is 0 Å². The van der Waals surface area contributed by atoms with E-state index in [1.54, 1.807) is 0 Å². The van der Waals surface area contributed by atoms with Crippen LogP contribution in [-0.4, -0.2) is 37.5 Å². The van der Waals surface area contributed by atoms with Gasteiger partial charge >= 0.3 is 0 Å². The fraction of sp³-hybridized carbons (Fsp3) is 0.875. The molecule has 0 spiro atoms. The second kappa shape index (κ2) is 5.13. The van der Waals surface area contributed by atoms with Gasteiger partial charge in [-0.05, 0) is 27.4 Å². The second-order valence-corrected chi connectivity index (χ2v) is 2.78. The van der Waals surface area contributed by atoms with E-state index in [2.05, 4.69) is 5.32 Å². The summed E-state index contributed by atoms with van der Waals surface area (Å²) in [5.41, 5.74) is 0. The standard InChI is InChI=1S/C8H18N2O/c1-5-7(10(3)4)8(11)9-6-2/h7H,5-6H2,1-4H3,(H,9,11)/t7-/m0/s1.